The van der Waals surface area contributed by atoms with Gasteiger partial charge in [0.1, 0.15) is 0 Å². The lowest BCUT2D eigenvalue weighted by Crippen LogP contribution is -2.35. The molecule has 1 heterocycles. The molecule has 1 aromatic rings. The van der Waals surface area contributed by atoms with Crippen LogP contribution in [0, 0.1) is 5.92 Å². The van der Waals surface area contributed by atoms with Crippen LogP contribution in [-0.4, -0.2) is 36.1 Å². The molecule has 2 N–H and O–H groups in total. The molecule has 6 nitrogen and oxygen atoms in total. The van der Waals surface area contributed by atoms with Crippen molar-refractivity contribution in [3.8, 4) is 0 Å². The van der Waals surface area contributed by atoms with Crippen LogP contribution in [0.25, 0.3) is 0 Å². The summed E-state index contributed by atoms with van der Waals surface area (Å²) in [5, 5.41) is 8.03. The highest BCUT2D eigenvalue weighted by atomic mass is 32.1. The van der Waals surface area contributed by atoms with Crippen molar-refractivity contribution >= 4 is 28.3 Å². The molecule has 1 aromatic heterocycles. The zero-order chi connectivity index (χ0) is 16.5. The molecule has 0 spiro atoms. The van der Waals surface area contributed by atoms with Crippen LogP contribution in [0.5, 0.6) is 0 Å². The van der Waals surface area contributed by atoms with Crippen molar-refractivity contribution in [2.45, 2.75) is 33.3 Å². The van der Waals surface area contributed by atoms with Crippen LogP contribution in [0.2, 0.25) is 0 Å². The van der Waals surface area contributed by atoms with Gasteiger partial charge in [0.15, 0.2) is 16.9 Å². The quantitative estimate of drug-likeness (QED) is 0.538. The molecule has 1 amide bonds. The van der Waals surface area contributed by atoms with Gasteiger partial charge in [-0.1, -0.05) is 19.9 Å². The van der Waals surface area contributed by atoms with Gasteiger partial charge in [0.25, 0.3) is 5.91 Å². The average Bonchev–Trinajstić information content (AvgIpc) is 2.93. The number of thiazole rings is 1. The van der Waals surface area contributed by atoms with Crippen LogP contribution < -0.4 is 10.6 Å². The fraction of sp³-hybridized carbons (Fsp3) is 0.533. The minimum absolute atomic E-state index is 0.209. The van der Waals surface area contributed by atoms with E-state index in [4.69, 9.17) is 4.74 Å². The number of carbonyl (C=O) groups excluding carboxylic acids is 2. The number of ether oxygens (including phenoxy) is 1. The first-order chi connectivity index (χ1) is 10.4. The van der Waals surface area contributed by atoms with Gasteiger partial charge in [-0.15, -0.1) is 17.9 Å². The highest BCUT2D eigenvalue weighted by Crippen LogP contribution is 2.17. The first-order valence-corrected chi connectivity index (χ1v) is 8.11. The summed E-state index contributed by atoms with van der Waals surface area (Å²) in [5.74, 6) is -0.361. The Bertz CT molecular complexity index is 514. The normalized spacial score (nSPS) is 11.8. The van der Waals surface area contributed by atoms with Crippen molar-refractivity contribution in [2.75, 3.05) is 18.4 Å². The Hall–Kier alpha value is -1.89. The molecule has 0 fully saturated rings. The number of nitrogens with one attached hydrogen (secondary N) is 2. The maximum Gasteiger partial charge on any atom is 0.358 e. The number of amides is 1. The Labute approximate surface area is 135 Å². The Morgan fingerprint density at radius 2 is 2.18 bits per heavy atom. The van der Waals surface area contributed by atoms with E-state index in [0.717, 1.165) is 13.0 Å². The third kappa shape index (κ3) is 6.26. The summed E-state index contributed by atoms with van der Waals surface area (Å²) >= 11 is 1.34. The Morgan fingerprint density at radius 3 is 2.82 bits per heavy atom. The maximum absolute atomic E-state index is 11.9. The van der Waals surface area contributed by atoms with Gasteiger partial charge in [-0.25, -0.2) is 9.78 Å². The first-order valence-electron chi connectivity index (χ1n) is 7.23. The van der Waals surface area contributed by atoms with E-state index in [0.29, 0.717) is 17.6 Å². The van der Waals surface area contributed by atoms with Crippen LogP contribution in [0.3, 0.4) is 0 Å². The molecule has 1 rings (SSSR count). The van der Waals surface area contributed by atoms with Crippen molar-refractivity contribution in [1.29, 1.82) is 0 Å². The predicted octanol–water partition coefficient (Wildman–Crippen LogP) is 2.45. The molecular weight excluding hydrogens is 302 g/mol. The van der Waals surface area contributed by atoms with E-state index in [1.54, 1.807) is 11.5 Å². The summed E-state index contributed by atoms with van der Waals surface area (Å²) in [6.07, 6.45) is 1.72. The van der Waals surface area contributed by atoms with Gasteiger partial charge < -0.3 is 15.4 Å². The molecule has 0 aliphatic carbocycles. The number of carbonyl (C=O) groups is 2. The number of hydrogen-bond acceptors (Lipinski definition) is 6. The third-order valence-corrected chi connectivity index (χ3v) is 3.58. The monoisotopic (exact) mass is 325 g/mol. The molecule has 0 bridgehead atoms. The minimum Gasteiger partial charge on any atom is -0.448 e. The molecule has 0 radical (unpaired) electrons. The van der Waals surface area contributed by atoms with E-state index in [9.17, 15) is 9.59 Å². The summed E-state index contributed by atoms with van der Waals surface area (Å²) in [7, 11) is 0. The van der Waals surface area contributed by atoms with Crippen molar-refractivity contribution in [2.24, 2.45) is 5.92 Å². The number of hydrogen-bond donors (Lipinski definition) is 2. The van der Waals surface area contributed by atoms with E-state index < -0.39 is 12.1 Å². The summed E-state index contributed by atoms with van der Waals surface area (Å²) in [4.78, 5) is 27.7. The number of nitrogens with zero attached hydrogens (tertiary/aromatic N) is 1. The van der Waals surface area contributed by atoms with Crippen LogP contribution >= 0.6 is 11.3 Å². The zero-order valence-corrected chi connectivity index (χ0v) is 14.0. The second kappa shape index (κ2) is 9.19. The van der Waals surface area contributed by atoms with Gasteiger partial charge in [0.05, 0.1) is 0 Å². The van der Waals surface area contributed by atoms with Crippen molar-refractivity contribution < 1.29 is 14.3 Å². The molecule has 22 heavy (non-hydrogen) atoms. The van der Waals surface area contributed by atoms with Gasteiger partial charge in [-0.2, -0.15) is 0 Å². The Morgan fingerprint density at radius 1 is 1.45 bits per heavy atom. The second-order valence-corrected chi connectivity index (χ2v) is 6.09. The molecule has 0 unspecified atom stereocenters. The number of anilines is 1. The van der Waals surface area contributed by atoms with Crippen LogP contribution in [0.4, 0.5) is 5.13 Å². The van der Waals surface area contributed by atoms with Gasteiger partial charge >= 0.3 is 5.97 Å². The molecule has 0 aromatic carbocycles. The summed E-state index contributed by atoms with van der Waals surface area (Å²) < 4.78 is 5.08. The van der Waals surface area contributed by atoms with Gasteiger partial charge in [0, 0.05) is 18.5 Å². The van der Waals surface area contributed by atoms with Crippen LogP contribution in [0.1, 0.15) is 37.7 Å². The van der Waals surface area contributed by atoms with Crippen molar-refractivity contribution in [1.82, 2.24) is 10.3 Å². The fourth-order valence-electron chi connectivity index (χ4n) is 1.51. The molecule has 0 aliphatic heterocycles. The van der Waals surface area contributed by atoms with Gasteiger partial charge in [-0.05, 0) is 19.3 Å². The highest BCUT2D eigenvalue weighted by molar-refractivity contribution is 7.13. The summed E-state index contributed by atoms with van der Waals surface area (Å²) in [6, 6.07) is 0. The average molecular weight is 325 g/mol. The molecule has 1 atom stereocenters. The van der Waals surface area contributed by atoms with E-state index >= 15 is 0 Å². The zero-order valence-electron chi connectivity index (χ0n) is 13.2. The Kier molecular flexibility index (Phi) is 7.59. The highest BCUT2D eigenvalue weighted by Gasteiger charge is 2.20. The largest absolute Gasteiger partial charge is 0.448 e. The minimum atomic E-state index is -0.869. The SMILES string of the molecule is C=CCNC(=O)[C@H](C)OC(=O)c1csc(NCCC(C)C)n1. The van der Waals surface area contributed by atoms with Crippen molar-refractivity contribution in [3.63, 3.8) is 0 Å². The molecular formula is C15H23N3O3S. The predicted molar refractivity (Wildman–Crippen MR) is 88.1 cm³/mol. The fourth-order valence-corrected chi connectivity index (χ4v) is 2.22. The van der Waals surface area contributed by atoms with Crippen molar-refractivity contribution in [3.05, 3.63) is 23.7 Å². The molecule has 7 heteroatoms. The van der Waals surface area contributed by atoms with E-state index in [1.165, 1.54) is 18.3 Å². The van der Waals surface area contributed by atoms with E-state index in [1.807, 2.05) is 0 Å². The van der Waals surface area contributed by atoms with Gasteiger partial charge in [0.2, 0.25) is 0 Å². The standard InChI is InChI=1S/C15H23N3O3S/c1-5-7-16-13(19)11(4)21-14(20)12-9-22-15(18-12)17-8-6-10(2)3/h5,9-11H,1,6-8H2,2-4H3,(H,16,19)(H,17,18)/t11-/m0/s1. The number of esters is 1. The van der Waals surface area contributed by atoms with Crippen LogP contribution in [-0.2, 0) is 9.53 Å². The maximum atomic E-state index is 11.9. The smallest absolute Gasteiger partial charge is 0.358 e. The number of rotatable bonds is 9. The Balaban J connectivity index is 2.47. The second-order valence-electron chi connectivity index (χ2n) is 5.23. The lowest BCUT2D eigenvalue weighted by molar-refractivity contribution is -0.128. The van der Waals surface area contributed by atoms with Crippen LogP contribution in [0.15, 0.2) is 18.0 Å². The van der Waals surface area contributed by atoms with E-state index in [-0.39, 0.29) is 11.6 Å². The topological polar surface area (TPSA) is 80.3 Å². The lowest BCUT2D eigenvalue weighted by Gasteiger charge is -2.11. The molecule has 0 saturated heterocycles. The van der Waals surface area contributed by atoms with E-state index in [2.05, 4.69) is 36.0 Å². The molecule has 0 aliphatic rings. The van der Waals surface area contributed by atoms with Gasteiger partial charge in [-0.3, -0.25) is 4.79 Å². The third-order valence-electron chi connectivity index (χ3n) is 2.78. The molecule has 122 valence electrons. The lowest BCUT2D eigenvalue weighted by atomic mass is 10.1. The first kappa shape index (κ1) is 18.2. The number of aromatic nitrogens is 1. The summed E-state index contributed by atoms with van der Waals surface area (Å²) in [6.45, 7) is 10.4. The molecule has 0 saturated carbocycles. The summed E-state index contributed by atoms with van der Waals surface area (Å²) in [5.41, 5.74) is 0.209.